The van der Waals surface area contributed by atoms with Crippen LogP contribution in [0.25, 0.3) is 0 Å². The zero-order valence-corrected chi connectivity index (χ0v) is 10.7. The Kier molecular flexibility index (Phi) is 3.65. The molecule has 1 saturated carbocycles. The monoisotopic (exact) mass is 246 g/mol. The summed E-state index contributed by atoms with van der Waals surface area (Å²) in [6.07, 6.45) is 1.96. The molecule has 2 rings (SSSR count). The van der Waals surface area contributed by atoms with Crippen LogP contribution in [-0.2, 0) is 9.59 Å². The maximum absolute atomic E-state index is 11.6. The van der Waals surface area contributed by atoms with Crippen molar-refractivity contribution in [3.63, 3.8) is 0 Å². The minimum atomic E-state index is -0.0605. The van der Waals surface area contributed by atoms with Gasteiger partial charge in [0.25, 0.3) is 0 Å². The smallest absolute Gasteiger partial charge is 0.227 e. The second kappa shape index (κ2) is 5.21. The van der Waals surface area contributed by atoms with Gasteiger partial charge in [-0.05, 0) is 31.0 Å². The first-order valence-corrected chi connectivity index (χ1v) is 6.28. The Morgan fingerprint density at radius 3 is 2.33 bits per heavy atom. The summed E-state index contributed by atoms with van der Waals surface area (Å²) in [4.78, 5) is 23.2. The first kappa shape index (κ1) is 12.6. The number of amides is 2. The molecule has 1 aromatic carbocycles. The highest BCUT2D eigenvalue weighted by molar-refractivity contribution is 5.96. The standard InChI is InChI=1S/C14H18N2O2/c1-9(2)13(17)15-11-4-3-5-12(8-11)16-14(18)10-6-7-10/h3-5,8-10H,6-7H2,1-2H3,(H,15,17)(H,16,18). The van der Waals surface area contributed by atoms with Gasteiger partial charge in [-0.2, -0.15) is 0 Å². The van der Waals surface area contributed by atoms with Crippen molar-refractivity contribution in [2.45, 2.75) is 26.7 Å². The Balaban J connectivity index is 2.00. The largest absolute Gasteiger partial charge is 0.326 e. The van der Waals surface area contributed by atoms with Crippen LogP contribution in [0.4, 0.5) is 11.4 Å². The highest BCUT2D eigenvalue weighted by atomic mass is 16.2. The Morgan fingerprint density at radius 1 is 1.17 bits per heavy atom. The number of nitrogens with one attached hydrogen (secondary N) is 2. The molecule has 4 heteroatoms. The summed E-state index contributed by atoms with van der Waals surface area (Å²) in [7, 11) is 0. The molecule has 0 atom stereocenters. The van der Waals surface area contributed by atoms with Gasteiger partial charge in [0.1, 0.15) is 0 Å². The average Bonchev–Trinajstić information content (AvgIpc) is 3.12. The second-order valence-electron chi connectivity index (χ2n) is 4.99. The molecule has 0 aromatic heterocycles. The summed E-state index contributed by atoms with van der Waals surface area (Å²) in [5.41, 5.74) is 1.44. The van der Waals surface area contributed by atoms with Crippen molar-refractivity contribution in [1.82, 2.24) is 0 Å². The van der Waals surface area contributed by atoms with E-state index >= 15 is 0 Å². The van der Waals surface area contributed by atoms with E-state index in [2.05, 4.69) is 10.6 Å². The molecule has 0 saturated heterocycles. The maximum atomic E-state index is 11.6. The fourth-order valence-electron chi connectivity index (χ4n) is 1.55. The van der Waals surface area contributed by atoms with Crippen LogP contribution in [0.3, 0.4) is 0 Å². The Hall–Kier alpha value is -1.84. The highest BCUT2D eigenvalue weighted by Crippen LogP contribution is 2.30. The predicted molar refractivity (Wildman–Crippen MR) is 71.3 cm³/mol. The molecule has 4 nitrogen and oxygen atoms in total. The van der Waals surface area contributed by atoms with Gasteiger partial charge in [-0.3, -0.25) is 9.59 Å². The van der Waals surface area contributed by atoms with Crippen LogP contribution < -0.4 is 10.6 Å². The minimum Gasteiger partial charge on any atom is -0.326 e. The summed E-state index contributed by atoms with van der Waals surface area (Å²) in [5, 5.41) is 5.67. The summed E-state index contributed by atoms with van der Waals surface area (Å²) in [5.74, 6) is 0.164. The molecule has 2 amide bonds. The van der Waals surface area contributed by atoms with Gasteiger partial charge in [0.2, 0.25) is 11.8 Å². The summed E-state index contributed by atoms with van der Waals surface area (Å²) >= 11 is 0. The molecular formula is C14H18N2O2. The summed E-state index contributed by atoms with van der Waals surface area (Å²) in [6.45, 7) is 3.68. The Labute approximate surface area is 107 Å². The fraction of sp³-hybridized carbons (Fsp3) is 0.429. The Morgan fingerprint density at radius 2 is 1.78 bits per heavy atom. The van der Waals surface area contributed by atoms with Crippen molar-refractivity contribution in [3.8, 4) is 0 Å². The SMILES string of the molecule is CC(C)C(=O)Nc1cccc(NC(=O)C2CC2)c1. The van der Waals surface area contributed by atoms with Gasteiger partial charge in [0.05, 0.1) is 0 Å². The quantitative estimate of drug-likeness (QED) is 0.858. The molecule has 0 heterocycles. The van der Waals surface area contributed by atoms with E-state index in [-0.39, 0.29) is 23.7 Å². The third kappa shape index (κ3) is 3.32. The molecular weight excluding hydrogens is 228 g/mol. The predicted octanol–water partition coefficient (Wildman–Crippen LogP) is 2.63. The Bertz CT molecular complexity index is 433. The van der Waals surface area contributed by atoms with Crippen molar-refractivity contribution in [2.75, 3.05) is 10.6 Å². The van der Waals surface area contributed by atoms with Gasteiger partial charge >= 0.3 is 0 Å². The molecule has 0 bridgehead atoms. The molecule has 1 aliphatic carbocycles. The third-order valence-electron chi connectivity index (χ3n) is 2.87. The number of carbonyl (C=O) groups is 2. The number of anilines is 2. The lowest BCUT2D eigenvalue weighted by molar-refractivity contribution is -0.119. The lowest BCUT2D eigenvalue weighted by atomic mass is 10.2. The lowest BCUT2D eigenvalue weighted by Gasteiger charge is -2.10. The molecule has 1 aromatic rings. The van der Waals surface area contributed by atoms with Crippen LogP contribution in [0.1, 0.15) is 26.7 Å². The minimum absolute atomic E-state index is 0.0272. The van der Waals surface area contributed by atoms with Crippen molar-refractivity contribution in [1.29, 1.82) is 0 Å². The van der Waals surface area contributed by atoms with Gasteiger partial charge in [-0.15, -0.1) is 0 Å². The number of hydrogen-bond acceptors (Lipinski definition) is 2. The molecule has 0 spiro atoms. The van der Waals surface area contributed by atoms with E-state index in [0.29, 0.717) is 5.69 Å². The second-order valence-corrected chi connectivity index (χ2v) is 4.99. The number of hydrogen-bond donors (Lipinski definition) is 2. The average molecular weight is 246 g/mol. The molecule has 2 N–H and O–H groups in total. The van der Waals surface area contributed by atoms with E-state index in [1.165, 1.54) is 0 Å². The normalized spacial score (nSPS) is 14.4. The maximum Gasteiger partial charge on any atom is 0.227 e. The molecule has 1 aliphatic rings. The summed E-state index contributed by atoms with van der Waals surface area (Å²) in [6, 6.07) is 7.23. The molecule has 18 heavy (non-hydrogen) atoms. The topological polar surface area (TPSA) is 58.2 Å². The lowest BCUT2D eigenvalue weighted by Crippen LogP contribution is -2.18. The van der Waals surface area contributed by atoms with Crippen LogP contribution in [0.15, 0.2) is 24.3 Å². The fourth-order valence-corrected chi connectivity index (χ4v) is 1.55. The first-order chi connectivity index (χ1) is 8.56. The highest BCUT2D eigenvalue weighted by Gasteiger charge is 2.29. The first-order valence-electron chi connectivity index (χ1n) is 6.28. The third-order valence-corrected chi connectivity index (χ3v) is 2.87. The van der Waals surface area contributed by atoms with Crippen molar-refractivity contribution in [2.24, 2.45) is 11.8 Å². The summed E-state index contributed by atoms with van der Waals surface area (Å²) < 4.78 is 0. The number of carbonyl (C=O) groups excluding carboxylic acids is 2. The van der Waals surface area contributed by atoms with Crippen LogP contribution in [0.2, 0.25) is 0 Å². The van der Waals surface area contributed by atoms with Crippen LogP contribution >= 0.6 is 0 Å². The van der Waals surface area contributed by atoms with E-state index in [0.717, 1.165) is 18.5 Å². The van der Waals surface area contributed by atoms with Crippen molar-refractivity contribution in [3.05, 3.63) is 24.3 Å². The van der Waals surface area contributed by atoms with Crippen molar-refractivity contribution < 1.29 is 9.59 Å². The molecule has 0 aliphatic heterocycles. The van der Waals surface area contributed by atoms with Gasteiger partial charge in [0, 0.05) is 23.2 Å². The van der Waals surface area contributed by atoms with E-state index in [1.54, 1.807) is 6.07 Å². The van der Waals surface area contributed by atoms with Crippen LogP contribution in [0.5, 0.6) is 0 Å². The van der Waals surface area contributed by atoms with Gasteiger partial charge in [0.15, 0.2) is 0 Å². The zero-order valence-electron chi connectivity index (χ0n) is 10.7. The number of rotatable bonds is 4. The zero-order chi connectivity index (χ0) is 13.1. The van der Waals surface area contributed by atoms with E-state index in [9.17, 15) is 9.59 Å². The molecule has 0 unspecified atom stereocenters. The number of benzene rings is 1. The van der Waals surface area contributed by atoms with E-state index in [1.807, 2.05) is 32.0 Å². The van der Waals surface area contributed by atoms with Gasteiger partial charge in [-0.1, -0.05) is 19.9 Å². The molecule has 96 valence electrons. The van der Waals surface area contributed by atoms with E-state index in [4.69, 9.17) is 0 Å². The van der Waals surface area contributed by atoms with Crippen LogP contribution in [-0.4, -0.2) is 11.8 Å². The molecule has 1 fully saturated rings. The van der Waals surface area contributed by atoms with Gasteiger partial charge in [-0.25, -0.2) is 0 Å². The van der Waals surface area contributed by atoms with Gasteiger partial charge < -0.3 is 10.6 Å². The van der Waals surface area contributed by atoms with Crippen molar-refractivity contribution >= 4 is 23.2 Å². The van der Waals surface area contributed by atoms with Crippen LogP contribution in [0, 0.1) is 11.8 Å². The molecule has 0 radical (unpaired) electrons. The van der Waals surface area contributed by atoms with E-state index < -0.39 is 0 Å².